The molecule has 2 N–H and O–H groups in total. The molecule has 3 aromatic rings. The van der Waals surface area contributed by atoms with Crippen molar-refractivity contribution in [2.75, 3.05) is 29.9 Å². The monoisotopic (exact) mass is 309 g/mol. The first-order valence-corrected chi connectivity index (χ1v) is 7.78. The van der Waals surface area contributed by atoms with E-state index in [1.54, 1.807) is 6.33 Å². The van der Waals surface area contributed by atoms with Crippen LogP contribution < -0.4 is 10.2 Å². The van der Waals surface area contributed by atoms with Crippen LogP contribution in [-0.4, -0.2) is 44.8 Å². The smallest absolute Gasteiger partial charge is 0.153 e. The second-order valence-electron chi connectivity index (χ2n) is 6.12. The van der Waals surface area contributed by atoms with Gasteiger partial charge in [0, 0.05) is 31.2 Å². The number of hydrogen-bond donors (Lipinski definition) is 2. The van der Waals surface area contributed by atoms with Gasteiger partial charge in [-0.15, -0.1) is 5.10 Å². The van der Waals surface area contributed by atoms with Gasteiger partial charge < -0.3 is 15.2 Å². The lowest BCUT2D eigenvalue weighted by Gasteiger charge is -2.40. The van der Waals surface area contributed by atoms with E-state index in [1.807, 2.05) is 32.0 Å². The van der Waals surface area contributed by atoms with Crippen molar-refractivity contribution in [2.24, 2.45) is 5.92 Å². The van der Waals surface area contributed by atoms with Crippen molar-refractivity contribution in [3.63, 3.8) is 0 Å². The molecule has 0 atom stereocenters. The van der Waals surface area contributed by atoms with Gasteiger partial charge in [0.25, 0.3) is 0 Å². The summed E-state index contributed by atoms with van der Waals surface area (Å²) in [5.41, 5.74) is 3.97. The predicted octanol–water partition coefficient (Wildman–Crippen LogP) is 1.91. The third kappa shape index (κ3) is 2.69. The molecule has 118 valence electrons. The van der Waals surface area contributed by atoms with Gasteiger partial charge in [0.15, 0.2) is 11.6 Å². The summed E-state index contributed by atoms with van der Waals surface area (Å²) in [6, 6.07) is 6.06. The summed E-state index contributed by atoms with van der Waals surface area (Å²) in [6.07, 6.45) is 1.60. The van der Waals surface area contributed by atoms with E-state index in [9.17, 15) is 0 Å². The summed E-state index contributed by atoms with van der Waals surface area (Å²) in [5.74, 6) is 2.41. The van der Waals surface area contributed by atoms with Crippen LogP contribution in [0.5, 0.6) is 0 Å². The lowest BCUT2D eigenvalue weighted by Crippen LogP contribution is -2.50. The van der Waals surface area contributed by atoms with Crippen LogP contribution in [0.2, 0.25) is 0 Å². The van der Waals surface area contributed by atoms with Crippen LogP contribution in [0.25, 0.3) is 11.0 Å². The van der Waals surface area contributed by atoms with Crippen LogP contribution >= 0.6 is 0 Å². The lowest BCUT2D eigenvalue weighted by atomic mass is 10.0. The van der Waals surface area contributed by atoms with Crippen molar-refractivity contribution in [3.8, 4) is 0 Å². The molecule has 23 heavy (non-hydrogen) atoms. The molecule has 0 bridgehead atoms. The molecule has 4 rings (SSSR count). The van der Waals surface area contributed by atoms with Crippen molar-refractivity contribution >= 4 is 22.7 Å². The minimum Gasteiger partial charge on any atom is -0.368 e. The number of hydrogen-bond acceptors (Lipinski definition) is 6. The summed E-state index contributed by atoms with van der Waals surface area (Å²) in [4.78, 5) is 14.2. The maximum Gasteiger partial charge on any atom is 0.153 e. The molecule has 0 radical (unpaired) electrons. The van der Waals surface area contributed by atoms with Crippen molar-refractivity contribution in [1.29, 1.82) is 0 Å². The molecule has 0 aromatic carbocycles. The van der Waals surface area contributed by atoms with E-state index in [0.29, 0.717) is 5.92 Å². The number of aromatic nitrogens is 5. The van der Waals surface area contributed by atoms with Gasteiger partial charge >= 0.3 is 0 Å². The molecule has 0 spiro atoms. The molecular weight excluding hydrogens is 290 g/mol. The summed E-state index contributed by atoms with van der Waals surface area (Å²) >= 11 is 0. The second-order valence-corrected chi connectivity index (χ2v) is 6.12. The first-order valence-electron chi connectivity index (χ1n) is 7.78. The topological polar surface area (TPSA) is 82.6 Å². The van der Waals surface area contributed by atoms with E-state index in [0.717, 1.165) is 53.7 Å². The highest BCUT2D eigenvalue weighted by atomic mass is 15.3. The fraction of sp³-hybridized carbons (Fsp3) is 0.375. The zero-order chi connectivity index (χ0) is 15.8. The number of aromatic amines is 1. The standard InChI is InChI=1S/C16H19N7/c1-10-3-4-14(22-21-10)23-7-12(8-23)6-17-16-15-13(18-9-19-16)5-11(2)20-15/h3-5,9,12,20H,6-8H2,1-2H3,(H,17,18,19). The van der Waals surface area contributed by atoms with Gasteiger partial charge in [0.1, 0.15) is 11.8 Å². The zero-order valence-electron chi connectivity index (χ0n) is 13.2. The molecule has 1 saturated heterocycles. The minimum atomic E-state index is 0.583. The van der Waals surface area contributed by atoms with E-state index >= 15 is 0 Å². The number of fused-ring (bicyclic) bond motifs is 1. The normalized spacial score (nSPS) is 15.0. The minimum absolute atomic E-state index is 0.583. The van der Waals surface area contributed by atoms with E-state index in [-0.39, 0.29) is 0 Å². The van der Waals surface area contributed by atoms with Crippen LogP contribution in [0, 0.1) is 19.8 Å². The van der Waals surface area contributed by atoms with E-state index < -0.39 is 0 Å². The molecule has 3 aromatic heterocycles. The van der Waals surface area contributed by atoms with Crippen molar-refractivity contribution < 1.29 is 0 Å². The SMILES string of the molecule is Cc1ccc(N2CC(CNc3ncnc4cc(C)[nH]c34)C2)nn1. The largest absolute Gasteiger partial charge is 0.368 e. The summed E-state index contributed by atoms with van der Waals surface area (Å²) < 4.78 is 0. The van der Waals surface area contributed by atoms with Crippen LogP contribution in [0.15, 0.2) is 24.5 Å². The summed E-state index contributed by atoms with van der Waals surface area (Å²) in [5, 5.41) is 11.8. The predicted molar refractivity (Wildman–Crippen MR) is 89.6 cm³/mol. The molecule has 7 nitrogen and oxygen atoms in total. The molecule has 1 fully saturated rings. The fourth-order valence-corrected chi connectivity index (χ4v) is 2.89. The first kappa shape index (κ1) is 13.9. The Labute approximate surface area is 134 Å². The molecular formula is C16H19N7. The van der Waals surface area contributed by atoms with Crippen molar-refractivity contribution in [1.82, 2.24) is 25.1 Å². The number of nitrogens with zero attached hydrogens (tertiary/aromatic N) is 5. The Morgan fingerprint density at radius 1 is 1.22 bits per heavy atom. The first-order chi connectivity index (χ1) is 11.2. The van der Waals surface area contributed by atoms with Gasteiger partial charge in [-0.1, -0.05) is 0 Å². The molecule has 1 aliphatic rings. The van der Waals surface area contributed by atoms with Gasteiger partial charge in [-0.25, -0.2) is 9.97 Å². The number of anilines is 2. The number of aryl methyl sites for hydroxylation is 2. The number of H-pyrrole nitrogens is 1. The van der Waals surface area contributed by atoms with Gasteiger partial charge in [0.05, 0.1) is 11.2 Å². The van der Waals surface area contributed by atoms with E-state index in [1.165, 1.54) is 0 Å². The molecule has 7 heteroatoms. The van der Waals surface area contributed by atoms with Gasteiger partial charge in [-0.3, -0.25) is 0 Å². The Balaban J connectivity index is 1.36. The van der Waals surface area contributed by atoms with Gasteiger partial charge in [-0.2, -0.15) is 5.10 Å². The average Bonchev–Trinajstić information content (AvgIpc) is 2.88. The number of rotatable bonds is 4. The van der Waals surface area contributed by atoms with Crippen LogP contribution in [-0.2, 0) is 0 Å². The highest BCUT2D eigenvalue weighted by molar-refractivity contribution is 5.86. The van der Waals surface area contributed by atoms with E-state index in [2.05, 4.69) is 35.4 Å². The average molecular weight is 309 g/mol. The fourth-order valence-electron chi connectivity index (χ4n) is 2.89. The van der Waals surface area contributed by atoms with Gasteiger partial charge in [0.2, 0.25) is 0 Å². The Hall–Kier alpha value is -2.70. The van der Waals surface area contributed by atoms with Crippen LogP contribution in [0.1, 0.15) is 11.4 Å². The maximum absolute atomic E-state index is 4.35. The van der Waals surface area contributed by atoms with Crippen LogP contribution in [0.3, 0.4) is 0 Å². The third-order valence-electron chi connectivity index (χ3n) is 4.18. The molecule has 0 unspecified atom stereocenters. The molecule has 4 heterocycles. The molecule has 1 aliphatic heterocycles. The second kappa shape index (κ2) is 5.49. The van der Waals surface area contributed by atoms with E-state index in [4.69, 9.17) is 0 Å². The van der Waals surface area contributed by atoms with Gasteiger partial charge in [-0.05, 0) is 32.0 Å². The van der Waals surface area contributed by atoms with Crippen molar-refractivity contribution in [3.05, 3.63) is 35.9 Å². The number of nitrogens with one attached hydrogen (secondary N) is 2. The third-order valence-corrected chi connectivity index (χ3v) is 4.18. The molecule has 0 aliphatic carbocycles. The quantitative estimate of drug-likeness (QED) is 0.766. The summed E-state index contributed by atoms with van der Waals surface area (Å²) in [6.45, 7) is 6.84. The molecule has 0 saturated carbocycles. The Morgan fingerprint density at radius 3 is 2.87 bits per heavy atom. The zero-order valence-corrected chi connectivity index (χ0v) is 13.2. The Morgan fingerprint density at radius 2 is 2.09 bits per heavy atom. The molecule has 0 amide bonds. The highest BCUT2D eigenvalue weighted by Crippen LogP contribution is 2.24. The Bertz CT molecular complexity index is 818. The summed E-state index contributed by atoms with van der Waals surface area (Å²) in [7, 11) is 0. The maximum atomic E-state index is 4.35. The highest BCUT2D eigenvalue weighted by Gasteiger charge is 2.28. The lowest BCUT2D eigenvalue weighted by molar-refractivity contribution is 0.425. The Kier molecular flexibility index (Phi) is 3.33. The van der Waals surface area contributed by atoms with Crippen molar-refractivity contribution in [2.45, 2.75) is 13.8 Å². The van der Waals surface area contributed by atoms with Crippen LogP contribution in [0.4, 0.5) is 11.6 Å².